The highest BCUT2D eigenvalue weighted by molar-refractivity contribution is 7.10. The summed E-state index contributed by atoms with van der Waals surface area (Å²) >= 11 is 1.81. The molecule has 27 heavy (non-hydrogen) atoms. The van der Waals surface area contributed by atoms with Crippen LogP contribution in [-0.4, -0.2) is 40.5 Å². The van der Waals surface area contributed by atoms with Gasteiger partial charge in [0.15, 0.2) is 0 Å². The molecule has 0 aliphatic carbocycles. The minimum absolute atomic E-state index is 0.0645. The molecule has 1 saturated heterocycles. The topological polar surface area (TPSA) is 81.3 Å². The predicted molar refractivity (Wildman–Crippen MR) is 106 cm³/mol. The van der Waals surface area contributed by atoms with E-state index in [2.05, 4.69) is 35.3 Å². The number of thiophene rings is 1. The third-order valence-corrected chi connectivity index (χ3v) is 6.42. The van der Waals surface area contributed by atoms with Crippen LogP contribution in [0.4, 0.5) is 5.95 Å². The van der Waals surface area contributed by atoms with E-state index in [1.807, 2.05) is 16.2 Å². The number of ether oxygens (including phenoxy) is 1. The summed E-state index contributed by atoms with van der Waals surface area (Å²) in [7, 11) is 0. The highest BCUT2D eigenvalue weighted by Gasteiger charge is 2.42. The second-order valence-electron chi connectivity index (χ2n) is 7.84. The number of rotatable bonds is 3. The van der Waals surface area contributed by atoms with Crippen LogP contribution in [0.5, 0.6) is 0 Å². The normalized spacial score (nSPS) is 18.7. The van der Waals surface area contributed by atoms with Gasteiger partial charge in [0.1, 0.15) is 5.69 Å². The molecule has 144 valence electrons. The van der Waals surface area contributed by atoms with E-state index < -0.39 is 0 Å². The third kappa shape index (κ3) is 3.58. The Hall–Kier alpha value is -1.99. The lowest BCUT2D eigenvalue weighted by Crippen LogP contribution is -2.48. The standard InChI is InChI=1S/C20H26N4O2S/c1-13(2)11-14-12-16(23-19(21)22-14)18(25)24-7-5-20(6-8-24)15-4-10-27-17(15)3-9-26-20/h4,10,12-13H,3,5-9,11H2,1-2H3,(H2,21,22,23). The number of amides is 1. The van der Waals surface area contributed by atoms with Gasteiger partial charge in [-0.25, -0.2) is 9.97 Å². The lowest BCUT2D eigenvalue weighted by atomic mass is 9.82. The van der Waals surface area contributed by atoms with Crippen LogP contribution in [0.3, 0.4) is 0 Å². The minimum Gasteiger partial charge on any atom is -0.370 e. The fourth-order valence-corrected chi connectivity index (χ4v) is 5.10. The smallest absolute Gasteiger partial charge is 0.272 e. The first-order valence-electron chi connectivity index (χ1n) is 9.60. The predicted octanol–water partition coefficient (Wildman–Crippen LogP) is 3.02. The van der Waals surface area contributed by atoms with E-state index in [9.17, 15) is 4.79 Å². The molecule has 1 amide bonds. The van der Waals surface area contributed by atoms with Crippen LogP contribution in [0.2, 0.25) is 0 Å². The van der Waals surface area contributed by atoms with Gasteiger partial charge in [-0.3, -0.25) is 4.79 Å². The quantitative estimate of drug-likeness (QED) is 0.877. The van der Waals surface area contributed by atoms with Crippen molar-refractivity contribution in [1.29, 1.82) is 0 Å². The Morgan fingerprint density at radius 1 is 1.37 bits per heavy atom. The number of fused-ring (bicyclic) bond motifs is 2. The summed E-state index contributed by atoms with van der Waals surface area (Å²) in [6, 6.07) is 3.98. The summed E-state index contributed by atoms with van der Waals surface area (Å²) in [5.41, 5.74) is 8.17. The molecule has 0 saturated carbocycles. The van der Waals surface area contributed by atoms with Gasteiger partial charge in [0.05, 0.1) is 12.2 Å². The molecule has 1 fully saturated rings. The van der Waals surface area contributed by atoms with Crippen molar-refractivity contribution < 1.29 is 9.53 Å². The number of nitrogen functional groups attached to an aromatic ring is 1. The van der Waals surface area contributed by atoms with E-state index in [-0.39, 0.29) is 17.5 Å². The zero-order valence-corrected chi connectivity index (χ0v) is 16.7. The number of nitrogens with two attached hydrogens (primary N) is 1. The molecule has 2 aliphatic rings. The van der Waals surface area contributed by atoms with Crippen molar-refractivity contribution in [3.8, 4) is 0 Å². The molecule has 0 unspecified atom stereocenters. The summed E-state index contributed by atoms with van der Waals surface area (Å²) < 4.78 is 6.23. The second-order valence-corrected chi connectivity index (χ2v) is 8.84. The molecule has 1 spiro atoms. The highest BCUT2D eigenvalue weighted by atomic mass is 32.1. The maximum absolute atomic E-state index is 13.0. The summed E-state index contributed by atoms with van der Waals surface area (Å²) in [6.45, 7) is 6.33. The monoisotopic (exact) mass is 386 g/mol. The van der Waals surface area contributed by atoms with Crippen LogP contribution in [0.25, 0.3) is 0 Å². The second kappa shape index (κ2) is 7.20. The Labute approximate surface area is 163 Å². The number of aromatic nitrogens is 2. The summed E-state index contributed by atoms with van der Waals surface area (Å²) in [5.74, 6) is 0.550. The van der Waals surface area contributed by atoms with Crippen molar-refractivity contribution in [3.63, 3.8) is 0 Å². The Kier molecular flexibility index (Phi) is 4.90. The Balaban J connectivity index is 1.49. The van der Waals surface area contributed by atoms with Crippen molar-refractivity contribution in [2.24, 2.45) is 5.92 Å². The maximum atomic E-state index is 13.0. The van der Waals surface area contributed by atoms with Gasteiger partial charge in [-0.1, -0.05) is 13.8 Å². The first-order chi connectivity index (χ1) is 13.0. The largest absolute Gasteiger partial charge is 0.370 e. The number of likely N-dealkylation sites (tertiary alicyclic amines) is 1. The molecular formula is C20H26N4O2S. The van der Waals surface area contributed by atoms with Crippen molar-refractivity contribution in [3.05, 3.63) is 39.3 Å². The van der Waals surface area contributed by atoms with E-state index >= 15 is 0 Å². The number of anilines is 1. The molecule has 6 nitrogen and oxygen atoms in total. The number of hydrogen-bond acceptors (Lipinski definition) is 6. The lowest BCUT2D eigenvalue weighted by Gasteiger charge is -2.44. The molecule has 2 aliphatic heterocycles. The van der Waals surface area contributed by atoms with E-state index in [4.69, 9.17) is 10.5 Å². The average molecular weight is 387 g/mol. The number of piperidine rings is 1. The summed E-state index contributed by atoms with van der Waals surface area (Å²) in [5, 5.41) is 2.15. The molecule has 2 aromatic heterocycles. The van der Waals surface area contributed by atoms with Crippen molar-refractivity contribution in [2.45, 2.75) is 45.1 Å². The molecule has 0 atom stereocenters. The fourth-order valence-electron chi connectivity index (χ4n) is 4.15. The lowest BCUT2D eigenvalue weighted by molar-refractivity contribution is -0.0926. The van der Waals surface area contributed by atoms with Gasteiger partial charge in [-0.05, 0) is 48.3 Å². The first kappa shape index (κ1) is 18.4. The van der Waals surface area contributed by atoms with Crippen LogP contribution >= 0.6 is 11.3 Å². The van der Waals surface area contributed by atoms with Gasteiger partial charge in [0.25, 0.3) is 5.91 Å². The van der Waals surface area contributed by atoms with Gasteiger partial charge in [-0.15, -0.1) is 11.3 Å². The molecule has 0 radical (unpaired) electrons. The van der Waals surface area contributed by atoms with Gasteiger partial charge in [-0.2, -0.15) is 0 Å². The average Bonchev–Trinajstić information content (AvgIpc) is 3.11. The molecule has 2 N–H and O–H groups in total. The molecule has 0 aromatic carbocycles. The van der Waals surface area contributed by atoms with Gasteiger partial charge in [0, 0.05) is 30.1 Å². The zero-order valence-electron chi connectivity index (χ0n) is 15.9. The Morgan fingerprint density at radius 3 is 2.89 bits per heavy atom. The van der Waals surface area contributed by atoms with Gasteiger partial charge >= 0.3 is 0 Å². The van der Waals surface area contributed by atoms with Crippen molar-refractivity contribution in [2.75, 3.05) is 25.4 Å². The van der Waals surface area contributed by atoms with Gasteiger partial charge < -0.3 is 15.4 Å². The van der Waals surface area contributed by atoms with Crippen LogP contribution in [0.1, 0.15) is 53.3 Å². The summed E-state index contributed by atoms with van der Waals surface area (Å²) in [6.07, 6.45) is 3.42. The number of nitrogens with zero attached hydrogens (tertiary/aromatic N) is 3. The van der Waals surface area contributed by atoms with E-state index in [1.165, 1.54) is 10.4 Å². The van der Waals surface area contributed by atoms with Crippen LogP contribution in [0, 0.1) is 5.92 Å². The molecule has 4 rings (SSSR count). The molecule has 7 heteroatoms. The Morgan fingerprint density at radius 2 is 2.15 bits per heavy atom. The number of carbonyl (C=O) groups excluding carboxylic acids is 1. The van der Waals surface area contributed by atoms with Crippen LogP contribution in [-0.2, 0) is 23.2 Å². The summed E-state index contributed by atoms with van der Waals surface area (Å²) in [4.78, 5) is 24.8. The fraction of sp³-hybridized carbons (Fsp3) is 0.550. The molecular weight excluding hydrogens is 360 g/mol. The van der Waals surface area contributed by atoms with Crippen molar-refractivity contribution in [1.82, 2.24) is 14.9 Å². The highest BCUT2D eigenvalue weighted by Crippen LogP contribution is 2.43. The first-order valence-corrected chi connectivity index (χ1v) is 10.5. The van der Waals surface area contributed by atoms with Crippen LogP contribution in [0.15, 0.2) is 17.5 Å². The zero-order chi connectivity index (χ0) is 19.0. The van der Waals surface area contributed by atoms with Gasteiger partial charge in [0.2, 0.25) is 5.95 Å². The van der Waals surface area contributed by atoms with E-state index in [0.29, 0.717) is 24.7 Å². The minimum atomic E-state index is -0.224. The molecule has 4 heterocycles. The Bertz CT molecular complexity index is 840. The molecule has 2 aromatic rings. The molecule has 0 bridgehead atoms. The third-order valence-electron chi connectivity index (χ3n) is 5.44. The maximum Gasteiger partial charge on any atom is 0.272 e. The number of hydrogen-bond donors (Lipinski definition) is 1. The van der Waals surface area contributed by atoms with Crippen molar-refractivity contribution >= 4 is 23.2 Å². The van der Waals surface area contributed by atoms with E-state index in [1.54, 1.807) is 6.07 Å². The van der Waals surface area contributed by atoms with E-state index in [0.717, 1.165) is 38.0 Å². The SMILES string of the molecule is CC(C)Cc1cc(C(=O)N2CCC3(CC2)OCCc2sccc23)nc(N)n1. The number of carbonyl (C=O) groups is 1. The van der Waals surface area contributed by atoms with Crippen LogP contribution < -0.4 is 5.73 Å².